The number of thiophene rings is 1. The third-order valence-electron chi connectivity index (χ3n) is 5.31. The van der Waals surface area contributed by atoms with Crippen LogP contribution in [0.1, 0.15) is 29.8 Å². The normalized spacial score (nSPS) is 12.4. The van der Waals surface area contributed by atoms with E-state index in [1.807, 2.05) is 57.2 Å². The molecule has 1 atom stereocenters. The van der Waals surface area contributed by atoms with Crippen molar-refractivity contribution in [3.8, 4) is 0 Å². The van der Waals surface area contributed by atoms with Gasteiger partial charge in [-0.05, 0) is 38.0 Å². The van der Waals surface area contributed by atoms with E-state index in [0.717, 1.165) is 27.0 Å². The van der Waals surface area contributed by atoms with Crippen LogP contribution in [0.3, 0.4) is 0 Å². The number of benzene rings is 1. The summed E-state index contributed by atoms with van der Waals surface area (Å²) in [6.07, 6.45) is 1.47. The Kier molecular flexibility index (Phi) is 4.92. The number of pyridine rings is 1. The number of amides is 1. The van der Waals surface area contributed by atoms with Gasteiger partial charge in [0.15, 0.2) is 0 Å². The highest BCUT2D eigenvalue weighted by molar-refractivity contribution is 7.25. The van der Waals surface area contributed by atoms with Gasteiger partial charge in [0.2, 0.25) is 5.91 Å². The van der Waals surface area contributed by atoms with Gasteiger partial charge < -0.3 is 4.90 Å². The SMILES string of the molecule is Cc1cc(C)c2c(n1)sc1c(=O)n(CC(=O)N(C)[C@@H](C)c3ccccc3)cnc12. The zero-order valence-corrected chi connectivity index (χ0v) is 17.7. The lowest BCUT2D eigenvalue weighted by atomic mass is 10.1. The topological polar surface area (TPSA) is 68.1 Å². The smallest absolute Gasteiger partial charge is 0.271 e. The van der Waals surface area contributed by atoms with Crippen LogP contribution in [0.2, 0.25) is 0 Å². The van der Waals surface area contributed by atoms with E-state index in [1.54, 1.807) is 11.9 Å². The molecule has 1 aromatic carbocycles. The van der Waals surface area contributed by atoms with Gasteiger partial charge in [-0.1, -0.05) is 30.3 Å². The number of nitrogens with zero attached hydrogens (tertiary/aromatic N) is 4. The number of carbonyl (C=O) groups is 1. The molecule has 0 N–H and O–H groups in total. The fraction of sp³-hybridized carbons (Fsp3) is 0.273. The molecule has 6 nitrogen and oxygen atoms in total. The van der Waals surface area contributed by atoms with Crippen molar-refractivity contribution in [3.05, 3.63) is 69.9 Å². The third-order valence-corrected chi connectivity index (χ3v) is 6.37. The minimum atomic E-state index is -0.204. The first-order valence-electron chi connectivity index (χ1n) is 9.43. The predicted molar refractivity (Wildman–Crippen MR) is 116 cm³/mol. The number of rotatable bonds is 4. The van der Waals surface area contributed by atoms with E-state index in [9.17, 15) is 9.59 Å². The quantitative estimate of drug-likeness (QED) is 0.516. The minimum absolute atomic E-state index is 0.0465. The van der Waals surface area contributed by atoms with Gasteiger partial charge in [-0.3, -0.25) is 14.2 Å². The lowest BCUT2D eigenvalue weighted by Gasteiger charge is -2.25. The van der Waals surface area contributed by atoms with Crippen molar-refractivity contribution in [1.82, 2.24) is 19.4 Å². The van der Waals surface area contributed by atoms with Crippen LogP contribution in [0.4, 0.5) is 0 Å². The minimum Gasteiger partial charge on any atom is -0.337 e. The van der Waals surface area contributed by atoms with Crippen molar-refractivity contribution in [1.29, 1.82) is 0 Å². The lowest BCUT2D eigenvalue weighted by molar-refractivity contribution is -0.132. The number of hydrogen-bond donors (Lipinski definition) is 0. The van der Waals surface area contributed by atoms with Crippen LogP contribution in [0, 0.1) is 13.8 Å². The van der Waals surface area contributed by atoms with Crippen molar-refractivity contribution in [3.63, 3.8) is 0 Å². The fourth-order valence-corrected chi connectivity index (χ4v) is 4.74. The fourth-order valence-electron chi connectivity index (χ4n) is 3.54. The van der Waals surface area contributed by atoms with Gasteiger partial charge >= 0.3 is 0 Å². The summed E-state index contributed by atoms with van der Waals surface area (Å²) >= 11 is 1.34. The van der Waals surface area contributed by atoms with Crippen LogP contribution in [0.15, 0.2) is 47.5 Å². The maximum absolute atomic E-state index is 13.0. The molecule has 4 aromatic rings. The Bertz CT molecular complexity index is 1280. The second kappa shape index (κ2) is 7.40. The molecular weight excluding hydrogens is 384 g/mol. The predicted octanol–water partition coefficient (Wildman–Crippen LogP) is 3.84. The summed E-state index contributed by atoms with van der Waals surface area (Å²) in [5.41, 5.74) is 3.47. The van der Waals surface area contributed by atoms with Gasteiger partial charge in [0.25, 0.3) is 5.56 Å². The highest BCUT2D eigenvalue weighted by atomic mass is 32.1. The summed E-state index contributed by atoms with van der Waals surface area (Å²) in [5, 5.41) is 0.918. The Labute approximate surface area is 172 Å². The van der Waals surface area contributed by atoms with E-state index < -0.39 is 0 Å². The Hall–Kier alpha value is -3.06. The second-order valence-electron chi connectivity index (χ2n) is 7.31. The van der Waals surface area contributed by atoms with E-state index >= 15 is 0 Å². The first kappa shape index (κ1) is 19.3. The molecule has 29 heavy (non-hydrogen) atoms. The second-order valence-corrected chi connectivity index (χ2v) is 8.31. The van der Waals surface area contributed by atoms with Crippen molar-refractivity contribution < 1.29 is 4.79 Å². The number of likely N-dealkylation sites (N-methyl/N-ethyl adjacent to an activating group) is 1. The third kappa shape index (κ3) is 3.42. The monoisotopic (exact) mass is 406 g/mol. The summed E-state index contributed by atoms with van der Waals surface area (Å²) in [5.74, 6) is -0.143. The zero-order chi connectivity index (χ0) is 20.7. The van der Waals surface area contributed by atoms with Gasteiger partial charge in [-0.15, -0.1) is 11.3 Å². The molecule has 3 aromatic heterocycles. The highest BCUT2D eigenvalue weighted by Crippen LogP contribution is 2.31. The van der Waals surface area contributed by atoms with Gasteiger partial charge in [-0.2, -0.15) is 0 Å². The molecule has 0 aliphatic rings. The van der Waals surface area contributed by atoms with Gasteiger partial charge in [0, 0.05) is 18.1 Å². The molecular formula is C22H22N4O2S. The number of carbonyl (C=O) groups excluding carboxylic acids is 1. The number of hydrogen-bond acceptors (Lipinski definition) is 5. The van der Waals surface area contributed by atoms with Crippen LogP contribution in [-0.2, 0) is 11.3 Å². The summed E-state index contributed by atoms with van der Waals surface area (Å²) in [7, 11) is 1.76. The standard InChI is InChI=1S/C22H22N4O2S/c1-13-10-14(2)24-21-18(13)19-20(29-21)22(28)26(12-23-19)11-17(27)25(4)15(3)16-8-6-5-7-9-16/h5-10,12,15H,11H2,1-4H3/t15-/m0/s1. The molecule has 0 radical (unpaired) electrons. The zero-order valence-electron chi connectivity index (χ0n) is 16.8. The molecule has 4 rings (SSSR count). The number of aryl methyl sites for hydroxylation is 2. The lowest BCUT2D eigenvalue weighted by Crippen LogP contribution is -2.35. The first-order valence-corrected chi connectivity index (χ1v) is 10.2. The largest absolute Gasteiger partial charge is 0.337 e. The Morgan fingerprint density at radius 2 is 1.97 bits per heavy atom. The number of aromatic nitrogens is 3. The summed E-state index contributed by atoms with van der Waals surface area (Å²) in [6.45, 7) is 5.86. The van der Waals surface area contributed by atoms with Gasteiger partial charge in [0.05, 0.1) is 17.9 Å². The molecule has 0 unspecified atom stereocenters. The summed E-state index contributed by atoms with van der Waals surface area (Å²) in [4.78, 5) is 37.4. The van der Waals surface area contributed by atoms with E-state index in [1.165, 1.54) is 22.2 Å². The molecule has 0 saturated heterocycles. The summed E-state index contributed by atoms with van der Waals surface area (Å²) in [6, 6.07) is 11.7. The molecule has 148 valence electrons. The molecule has 0 spiro atoms. The molecule has 7 heteroatoms. The average molecular weight is 407 g/mol. The first-order chi connectivity index (χ1) is 13.9. The van der Waals surface area contributed by atoms with Crippen LogP contribution in [-0.4, -0.2) is 32.4 Å². The Morgan fingerprint density at radius 3 is 2.69 bits per heavy atom. The van der Waals surface area contributed by atoms with E-state index in [2.05, 4.69) is 9.97 Å². The molecule has 0 saturated carbocycles. The Morgan fingerprint density at radius 1 is 1.24 bits per heavy atom. The van der Waals surface area contributed by atoms with E-state index in [4.69, 9.17) is 0 Å². The molecule has 3 heterocycles. The van der Waals surface area contributed by atoms with Crippen molar-refractivity contribution in [2.24, 2.45) is 0 Å². The van der Waals surface area contributed by atoms with E-state index in [-0.39, 0.29) is 24.1 Å². The van der Waals surface area contributed by atoms with Crippen LogP contribution in [0.5, 0.6) is 0 Å². The molecule has 0 fully saturated rings. The molecule has 0 aliphatic heterocycles. The van der Waals surface area contributed by atoms with E-state index in [0.29, 0.717) is 10.2 Å². The highest BCUT2D eigenvalue weighted by Gasteiger charge is 2.20. The van der Waals surface area contributed by atoms with Crippen molar-refractivity contribution >= 4 is 37.7 Å². The van der Waals surface area contributed by atoms with Crippen LogP contribution >= 0.6 is 11.3 Å². The van der Waals surface area contributed by atoms with Crippen LogP contribution < -0.4 is 5.56 Å². The Balaban J connectivity index is 1.67. The molecule has 0 bridgehead atoms. The van der Waals surface area contributed by atoms with Gasteiger partial charge in [0.1, 0.15) is 16.1 Å². The average Bonchev–Trinajstić information content (AvgIpc) is 3.09. The summed E-state index contributed by atoms with van der Waals surface area (Å²) < 4.78 is 1.92. The van der Waals surface area contributed by atoms with Gasteiger partial charge in [-0.25, -0.2) is 9.97 Å². The maximum atomic E-state index is 13.0. The molecule has 1 amide bonds. The maximum Gasteiger partial charge on any atom is 0.271 e. The molecule has 0 aliphatic carbocycles. The van der Waals surface area contributed by atoms with Crippen molar-refractivity contribution in [2.45, 2.75) is 33.4 Å². The number of fused-ring (bicyclic) bond motifs is 3. The van der Waals surface area contributed by atoms with Crippen LogP contribution in [0.25, 0.3) is 20.4 Å². The van der Waals surface area contributed by atoms with Crippen molar-refractivity contribution in [2.75, 3.05) is 7.05 Å².